The normalized spacial score (nSPS) is 31.1. The molecular weight excluding hydrogens is 328 g/mol. The average molecular weight is 345 g/mol. The molecule has 4 rings (SSSR count). The first-order valence-corrected chi connectivity index (χ1v) is 8.47. The van der Waals surface area contributed by atoms with Crippen molar-refractivity contribution in [1.82, 2.24) is 9.97 Å². The van der Waals surface area contributed by atoms with Crippen molar-refractivity contribution in [1.29, 1.82) is 0 Å². The van der Waals surface area contributed by atoms with E-state index in [1.165, 1.54) is 11.8 Å². The molecule has 1 aliphatic carbocycles. The van der Waals surface area contributed by atoms with Gasteiger partial charge in [-0.2, -0.15) is 14.5 Å². The maximum Gasteiger partial charge on any atom is 0.320 e. The standard InChI is InChI=1S/C15H17N6O2S/c1-2-15(6-22)9(23)5-10(24-15)21-7-17-12-11(21)13(18-8-3-4-8)20-14(16)19-12/h1,7-9,22-23H,3-6H2,(H3,16,18,19,20)/q+1/t9-,15+/m0/s1. The molecule has 24 heavy (non-hydrogen) atoms. The number of nitrogens with zero attached hydrogens (tertiary/aromatic N) is 4. The van der Waals surface area contributed by atoms with E-state index in [4.69, 9.17) is 12.2 Å². The maximum absolute atomic E-state index is 10.3. The molecule has 0 spiro atoms. The fourth-order valence-electron chi connectivity index (χ4n) is 2.76. The molecule has 1 aromatic rings. The molecule has 0 radical (unpaired) electrons. The van der Waals surface area contributed by atoms with Crippen LogP contribution in [0.2, 0.25) is 0 Å². The zero-order valence-electron chi connectivity index (χ0n) is 12.8. The molecule has 5 N–H and O–H groups in total. The predicted octanol–water partition coefficient (Wildman–Crippen LogP) is 0.211. The molecule has 9 heteroatoms. The first-order chi connectivity index (χ1) is 11.6. The van der Waals surface area contributed by atoms with Crippen LogP contribution in [-0.4, -0.2) is 59.6 Å². The monoisotopic (exact) mass is 345 g/mol. The van der Waals surface area contributed by atoms with E-state index >= 15 is 0 Å². The van der Waals surface area contributed by atoms with Crippen molar-refractivity contribution in [2.75, 3.05) is 17.7 Å². The molecule has 0 unspecified atom stereocenters. The number of hydrogen-bond donors (Lipinski definition) is 4. The summed E-state index contributed by atoms with van der Waals surface area (Å²) in [6.07, 6.45) is 8.84. The lowest BCUT2D eigenvalue weighted by Gasteiger charge is -2.21. The molecule has 2 atom stereocenters. The summed E-state index contributed by atoms with van der Waals surface area (Å²) >= 11 is 1.28. The van der Waals surface area contributed by atoms with Crippen LogP contribution in [0.1, 0.15) is 19.3 Å². The Kier molecular flexibility index (Phi) is 3.49. The molecule has 0 amide bonds. The lowest BCUT2D eigenvalue weighted by molar-refractivity contribution is -0.286. The number of aliphatic hydroxyl groups excluding tert-OH is 2. The number of terminal acetylenes is 1. The Labute approximate surface area is 142 Å². The van der Waals surface area contributed by atoms with Gasteiger partial charge in [-0.05, 0) is 17.8 Å². The minimum atomic E-state index is -1.04. The van der Waals surface area contributed by atoms with Crippen molar-refractivity contribution in [3.05, 3.63) is 0 Å². The van der Waals surface area contributed by atoms with Gasteiger partial charge in [0.25, 0.3) is 6.34 Å². The first-order valence-electron chi connectivity index (χ1n) is 7.65. The summed E-state index contributed by atoms with van der Waals surface area (Å²) in [6, 6.07) is 0.389. The van der Waals surface area contributed by atoms with Gasteiger partial charge >= 0.3 is 5.82 Å². The Bertz CT molecular complexity index is 813. The van der Waals surface area contributed by atoms with Crippen LogP contribution in [0.15, 0.2) is 4.99 Å². The minimum absolute atomic E-state index is 0.160. The summed E-state index contributed by atoms with van der Waals surface area (Å²) in [5, 5.41) is 24.1. The number of rotatable bonds is 3. The highest BCUT2D eigenvalue weighted by Crippen LogP contribution is 2.44. The van der Waals surface area contributed by atoms with Crippen molar-refractivity contribution >= 4 is 46.4 Å². The van der Waals surface area contributed by atoms with Crippen molar-refractivity contribution in [3.63, 3.8) is 0 Å². The summed E-state index contributed by atoms with van der Waals surface area (Å²) in [4.78, 5) is 12.8. The third-order valence-electron chi connectivity index (χ3n) is 4.29. The van der Waals surface area contributed by atoms with Crippen LogP contribution in [0.3, 0.4) is 0 Å². The third kappa shape index (κ3) is 2.34. The van der Waals surface area contributed by atoms with E-state index in [0.29, 0.717) is 29.8 Å². The Morgan fingerprint density at radius 3 is 2.92 bits per heavy atom. The van der Waals surface area contributed by atoms with Gasteiger partial charge in [-0.1, -0.05) is 17.7 Å². The quantitative estimate of drug-likeness (QED) is 0.457. The van der Waals surface area contributed by atoms with E-state index in [1.807, 2.05) is 4.58 Å². The Hall–Kier alpha value is -2.15. The highest BCUT2D eigenvalue weighted by Gasteiger charge is 2.48. The zero-order valence-corrected chi connectivity index (χ0v) is 13.6. The van der Waals surface area contributed by atoms with Gasteiger partial charge in [-0.3, -0.25) is 0 Å². The van der Waals surface area contributed by atoms with Gasteiger partial charge in [0.2, 0.25) is 11.6 Å². The lowest BCUT2D eigenvalue weighted by atomic mass is 10.0. The second-order valence-electron chi connectivity index (χ2n) is 6.04. The van der Waals surface area contributed by atoms with Crippen molar-refractivity contribution in [3.8, 4) is 12.3 Å². The molecule has 124 valence electrons. The molecule has 1 saturated heterocycles. The molecule has 3 heterocycles. The van der Waals surface area contributed by atoms with Crippen molar-refractivity contribution in [2.24, 2.45) is 4.99 Å². The molecular formula is C15H17N6O2S+. The zero-order chi connectivity index (χ0) is 16.9. The first kappa shape index (κ1) is 15.4. The highest BCUT2D eigenvalue weighted by atomic mass is 32.2. The summed E-state index contributed by atoms with van der Waals surface area (Å²) in [5.41, 5.74) is 6.47. The number of hydrogen-bond acceptors (Lipinski definition) is 8. The van der Waals surface area contributed by atoms with Gasteiger partial charge in [0.1, 0.15) is 9.79 Å². The number of nitrogens with two attached hydrogens (primary N) is 1. The summed E-state index contributed by atoms with van der Waals surface area (Å²) < 4.78 is 0.785. The molecule has 2 aliphatic heterocycles. The molecule has 1 saturated carbocycles. The maximum atomic E-state index is 10.3. The third-order valence-corrected chi connectivity index (χ3v) is 5.77. The van der Waals surface area contributed by atoms with Crippen LogP contribution in [0.4, 0.5) is 23.3 Å². The molecule has 2 fully saturated rings. The summed E-state index contributed by atoms with van der Waals surface area (Å²) in [6.45, 7) is -0.303. The van der Waals surface area contributed by atoms with Crippen LogP contribution >= 0.6 is 11.8 Å². The fraction of sp³-hybridized carbons (Fsp3) is 0.467. The van der Waals surface area contributed by atoms with Gasteiger partial charge in [0.05, 0.1) is 12.7 Å². The number of aliphatic hydroxyl groups is 2. The number of thioether (sulfide) groups is 1. The van der Waals surface area contributed by atoms with Gasteiger partial charge in [-0.15, -0.1) is 6.42 Å². The summed E-state index contributed by atoms with van der Waals surface area (Å²) in [7, 11) is 0. The van der Waals surface area contributed by atoms with E-state index in [-0.39, 0.29) is 12.6 Å². The van der Waals surface area contributed by atoms with Crippen molar-refractivity contribution < 1.29 is 14.8 Å². The van der Waals surface area contributed by atoms with E-state index in [2.05, 4.69) is 26.2 Å². The van der Waals surface area contributed by atoms with Crippen LogP contribution in [0, 0.1) is 12.3 Å². The molecule has 0 bridgehead atoms. The predicted molar refractivity (Wildman–Crippen MR) is 93.0 cm³/mol. The van der Waals surface area contributed by atoms with E-state index < -0.39 is 10.9 Å². The second-order valence-corrected chi connectivity index (χ2v) is 7.45. The van der Waals surface area contributed by atoms with Crippen LogP contribution in [-0.2, 0) is 0 Å². The number of anilines is 2. The van der Waals surface area contributed by atoms with Crippen LogP contribution in [0.25, 0.3) is 0 Å². The molecule has 8 nitrogen and oxygen atoms in total. The average Bonchev–Trinajstić information content (AvgIpc) is 3.17. The van der Waals surface area contributed by atoms with Crippen LogP contribution in [0.5, 0.6) is 0 Å². The van der Waals surface area contributed by atoms with Crippen LogP contribution < -0.4 is 11.1 Å². The smallest absolute Gasteiger partial charge is 0.320 e. The molecule has 0 aromatic carbocycles. The van der Waals surface area contributed by atoms with E-state index in [9.17, 15) is 10.2 Å². The highest BCUT2D eigenvalue weighted by molar-refractivity contribution is 8.15. The number of nitrogens with one attached hydrogen (secondary N) is 1. The Balaban J connectivity index is 1.79. The molecule has 3 aliphatic rings. The minimum Gasteiger partial charge on any atom is -0.394 e. The number of aliphatic imine (C=N–C) groups is 1. The van der Waals surface area contributed by atoms with Gasteiger partial charge in [0, 0.05) is 12.5 Å². The lowest BCUT2D eigenvalue weighted by Crippen LogP contribution is -2.36. The topological polar surface area (TPSA) is 120 Å². The fourth-order valence-corrected chi connectivity index (χ4v) is 4.00. The second kappa shape index (κ2) is 5.44. The van der Waals surface area contributed by atoms with Gasteiger partial charge < -0.3 is 21.3 Å². The van der Waals surface area contributed by atoms with Gasteiger partial charge in [0.15, 0.2) is 5.82 Å². The Morgan fingerprint density at radius 2 is 2.29 bits per heavy atom. The Morgan fingerprint density at radius 1 is 1.50 bits per heavy atom. The number of fused-ring (bicyclic) bond motifs is 1. The van der Waals surface area contributed by atoms with Crippen molar-refractivity contribution in [2.45, 2.75) is 36.2 Å². The van der Waals surface area contributed by atoms with Gasteiger partial charge in [-0.25, -0.2) is 0 Å². The largest absolute Gasteiger partial charge is 0.394 e. The van der Waals surface area contributed by atoms with E-state index in [1.54, 1.807) is 6.34 Å². The summed E-state index contributed by atoms with van der Waals surface area (Å²) in [5.74, 6) is 3.79. The molecule has 1 aromatic heterocycles. The number of nitrogen functional groups attached to an aromatic ring is 1. The SMILES string of the molecule is C#C[C@]1(CO)SC(=[N+]2C=Nc3nc(N)nc(NC4CC4)c32)C[C@@H]1O. The number of aromatic nitrogens is 2. The van der Waals surface area contributed by atoms with E-state index in [0.717, 1.165) is 17.9 Å².